The zero-order valence-electron chi connectivity index (χ0n) is 15.0. The summed E-state index contributed by atoms with van der Waals surface area (Å²) < 4.78 is 23.6. The summed E-state index contributed by atoms with van der Waals surface area (Å²) in [6.45, 7) is 2.31. The highest BCUT2D eigenvalue weighted by molar-refractivity contribution is 5.98. The number of hydrogen-bond donors (Lipinski definition) is 0. The number of nitrogens with zero attached hydrogens (tertiary/aromatic N) is 3. The van der Waals surface area contributed by atoms with Crippen molar-refractivity contribution in [1.82, 2.24) is 15.2 Å². The molecule has 0 aliphatic carbocycles. The van der Waals surface area contributed by atoms with Crippen LogP contribution in [-0.4, -0.2) is 41.2 Å². The van der Waals surface area contributed by atoms with Gasteiger partial charge < -0.3 is 4.74 Å². The van der Waals surface area contributed by atoms with E-state index in [1.165, 1.54) is 19.2 Å². The Morgan fingerprint density at radius 1 is 1.26 bits per heavy atom. The molecular weight excluding hydrogens is 349 g/mol. The van der Waals surface area contributed by atoms with Crippen molar-refractivity contribution < 1.29 is 18.6 Å². The fourth-order valence-corrected chi connectivity index (χ4v) is 3.65. The van der Waals surface area contributed by atoms with Gasteiger partial charge in [0.2, 0.25) is 0 Å². The molecule has 0 spiro atoms. The number of aromatic nitrogens is 2. The van der Waals surface area contributed by atoms with Crippen molar-refractivity contribution in [3.63, 3.8) is 0 Å². The molecule has 0 unspecified atom stereocenters. The summed E-state index contributed by atoms with van der Waals surface area (Å²) in [5.41, 5.74) is 2.95. The molecule has 140 valence electrons. The molecule has 3 aromatic rings. The SMILES string of the molecule is COc1ccc(C(=O)[C@H]2CCCN(Cc3ccc4nonc4c3)C2)cc1F. The maximum absolute atomic E-state index is 13.9. The maximum atomic E-state index is 13.9. The molecule has 0 saturated carbocycles. The molecule has 6 nitrogen and oxygen atoms in total. The van der Waals surface area contributed by atoms with Crippen LogP contribution in [0.15, 0.2) is 41.0 Å². The summed E-state index contributed by atoms with van der Waals surface area (Å²) in [6.07, 6.45) is 1.75. The van der Waals surface area contributed by atoms with Crippen LogP contribution in [0.3, 0.4) is 0 Å². The van der Waals surface area contributed by atoms with Crippen molar-refractivity contribution in [2.24, 2.45) is 5.92 Å². The minimum atomic E-state index is -0.509. The number of carbonyl (C=O) groups is 1. The molecule has 2 aromatic carbocycles. The summed E-state index contributed by atoms with van der Waals surface area (Å²) in [4.78, 5) is 15.1. The number of carbonyl (C=O) groups excluding carboxylic acids is 1. The van der Waals surface area contributed by atoms with Crippen LogP contribution in [0.5, 0.6) is 5.75 Å². The van der Waals surface area contributed by atoms with E-state index in [0.717, 1.165) is 42.5 Å². The van der Waals surface area contributed by atoms with Gasteiger partial charge in [0, 0.05) is 24.6 Å². The van der Waals surface area contributed by atoms with E-state index in [-0.39, 0.29) is 17.5 Å². The first kappa shape index (κ1) is 17.6. The molecule has 1 aliphatic heterocycles. The van der Waals surface area contributed by atoms with E-state index in [4.69, 9.17) is 9.37 Å². The molecule has 0 N–H and O–H groups in total. The number of ketones is 1. The van der Waals surface area contributed by atoms with Crippen LogP contribution in [0, 0.1) is 11.7 Å². The fourth-order valence-electron chi connectivity index (χ4n) is 3.65. The number of rotatable bonds is 5. The van der Waals surface area contributed by atoms with Gasteiger partial charge in [0.15, 0.2) is 17.3 Å². The number of halogens is 1. The Hall–Kier alpha value is -2.80. The van der Waals surface area contributed by atoms with E-state index >= 15 is 0 Å². The zero-order chi connectivity index (χ0) is 18.8. The Kier molecular flexibility index (Phi) is 4.85. The van der Waals surface area contributed by atoms with Crippen LogP contribution in [0.25, 0.3) is 11.0 Å². The van der Waals surface area contributed by atoms with Crippen LogP contribution in [0.2, 0.25) is 0 Å². The van der Waals surface area contributed by atoms with Gasteiger partial charge in [0.25, 0.3) is 0 Å². The third-order valence-corrected chi connectivity index (χ3v) is 5.04. The van der Waals surface area contributed by atoms with Gasteiger partial charge in [-0.1, -0.05) is 6.07 Å². The smallest absolute Gasteiger partial charge is 0.167 e. The van der Waals surface area contributed by atoms with E-state index in [9.17, 15) is 9.18 Å². The number of fused-ring (bicyclic) bond motifs is 1. The predicted molar refractivity (Wildman–Crippen MR) is 97.1 cm³/mol. The number of piperidine rings is 1. The monoisotopic (exact) mass is 369 g/mol. The Labute approximate surface area is 155 Å². The van der Waals surface area contributed by atoms with Crippen molar-refractivity contribution in [1.29, 1.82) is 0 Å². The molecule has 7 heteroatoms. The lowest BCUT2D eigenvalue weighted by atomic mass is 9.89. The molecule has 0 radical (unpaired) electrons. The quantitative estimate of drug-likeness (QED) is 0.642. The lowest BCUT2D eigenvalue weighted by Crippen LogP contribution is -2.38. The van der Waals surface area contributed by atoms with Crippen molar-refractivity contribution in [2.45, 2.75) is 19.4 Å². The van der Waals surface area contributed by atoms with Gasteiger partial charge in [0.1, 0.15) is 11.0 Å². The van der Waals surface area contributed by atoms with Crippen LogP contribution in [0.4, 0.5) is 4.39 Å². The Morgan fingerprint density at radius 3 is 2.93 bits per heavy atom. The molecule has 0 bridgehead atoms. The molecule has 4 rings (SSSR count). The van der Waals surface area contributed by atoms with Crippen molar-refractivity contribution in [2.75, 3.05) is 20.2 Å². The number of likely N-dealkylation sites (tertiary alicyclic amines) is 1. The molecule has 1 fully saturated rings. The van der Waals surface area contributed by atoms with Gasteiger partial charge in [-0.15, -0.1) is 0 Å². The second-order valence-corrected chi connectivity index (χ2v) is 6.88. The molecule has 2 heterocycles. The molecular formula is C20H20FN3O3. The summed E-state index contributed by atoms with van der Waals surface area (Å²) in [5.74, 6) is -0.513. The first-order valence-electron chi connectivity index (χ1n) is 8.95. The maximum Gasteiger partial charge on any atom is 0.167 e. The summed E-state index contributed by atoms with van der Waals surface area (Å²) in [7, 11) is 1.41. The lowest BCUT2D eigenvalue weighted by Gasteiger charge is -2.32. The third-order valence-electron chi connectivity index (χ3n) is 5.04. The second kappa shape index (κ2) is 7.44. The molecule has 1 saturated heterocycles. The highest BCUT2D eigenvalue weighted by Crippen LogP contribution is 2.25. The first-order valence-corrected chi connectivity index (χ1v) is 8.95. The normalized spacial score (nSPS) is 17.9. The van der Waals surface area contributed by atoms with Gasteiger partial charge in [0.05, 0.1) is 7.11 Å². The van der Waals surface area contributed by atoms with Crippen molar-refractivity contribution in [3.8, 4) is 5.75 Å². The zero-order valence-corrected chi connectivity index (χ0v) is 15.0. The fraction of sp³-hybridized carbons (Fsp3) is 0.350. The van der Waals surface area contributed by atoms with Crippen LogP contribution >= 0.6 is 0 Å². The predicted octanol–water partition coefficient (Wildman–Crippen LogP) is 3.47. The second-order valence-electron chi connectivity index (χ2n) is 6.88. The van der Waals surface area contributed by atoms with Crippen molar-refractivity contribution in [3.05, 3.63) is 53.3 Å². The average molecular weight is 369 g/mol. The van der Waals surface area contributed by atoms with E-state index in [2.05, 4.69) is 15.2 Å². The van der Waals surface area contributed by atoms with Gasteiger partial charge in [-0.2, -0.15) is 0 Å². The van der Waals surface area contributed by atoms with Crippen LogP contribution in [-0.2, 0) is 6.54 Å². The molecule has 1 aliphatic rings. The number of hydrogen-bond acceptors (Lipinski definition) is 6. The Bertz CT molecular complexity index is 972. The summed E-state index contributed by atoms with van der Waals surface area (Å²) in [5, 5.41) is 7.68. The third kappa shape index (κ3) is 3.68. The summed E-state index contributed by atoms with van der Waals surface area (Å²) in [6, 6.07) is 10.2. The Morgan fingerprint density at radius 2 is 2.11 bits per heavy atom. The molecule has 27 heavy (non-hydrogen) atoms. The van der Waals surface area contributed by atoms with Gasteiger partial charge in [-0.25, -0.2) is 9.02 Å². The first-order chi connectivity index (χ1) is 13.1. The average Bonchev–Trinajstić information content (AvgIpc) is 3.15. The number of methoxy groups -OCH3 is 1. The number of benzene rings is 2. The van der Waals surface area contributed by atoms with Gasteiger partial charge >= 0.3 is 0 Å². The summed E-state index contributed by atoms with van der Waals surface area (Å²) >= 11 is 0. The van der Waals surface area contributed by atoms with Crippen molar-refractivity contribution >= 4 is 16.8 Å². The highest BCUT2D eigenvalue weighted by Gasteiger charge is 2.27. The molecule has 1 atom stereocenters. The molecule has 1 aromatic heterocycles. The number of Topliss-reactive ketones (excluding diaryl/α,β-unsaturated/α-hetero) is 1. The Balaban J connectivity index is 1.45. The van der Waals surface area contributed by atoms with E-state index in [0.29, 0.717) is 12.1 Å². The number of ether oxygens (including phenoxy) is 1. The highest BCUT2D eigenvalue weighted by atomic mass is 19.1. The largest absolute Gasteiger partial charge is 0.494 e. The standard InChI is InChI=1S/C20H20FN3O3/c1-26-19-7-5-14(10-16(19)21)20(25)15-3-2-8-24(12-15)11-13-4-6-17-18(9-13)23-27-22-17/h4-7,9-10,15H,2-3,8,11-12H2,1H3/t15-/m0/s1. The lowest BCUT2D eigenvalue weighted by molar-refractivity contribution is 0.0811. The van der Waals surface area contributed by atoms with E-state index in [1.807, 2.05) is 18.2 Å². The van der Waals surface area contributed by atoms with Gasteiger partial charge in [-0.3, -0.25) is 9.69 Å². The minimum absolute atomic E-state index is 0.0163. The molecule has 0 amide bonds. The van der Waals surface area contributed by atoms with E-state index < -0.39 is 5.82 Å². The van der Waals surface area contributed by atoms with E-state index in [1.54, 1.807) is 6.07 Å². The van der Waals surface area contributed by atoms with Gasteiger partial charge in [-0.05, 0) is 65.6 Å². The topological polar surface area (TPSA) is 68.5 Å². The van der Waals surface area contributed by atoms with Crippen LogP contribution < -0.4 is 4.74 Å². The van der Waals surface area contributed by atoms with Crippen LogP contribution in [0.1, 0.15) is 28.8 Å². The minimum Gasteiger partial charge on any atom is -0.494 e.